The second-order valence-corrected chi connectivity index (χ2v) is 8.48. The molecule has 2 fully saturated rings. The van der Waals surface area contributed by atoms with Gasteiger partial charge >= 0.3 is 0 Å². The van der Waals surface area contributed by atoms with Crippen molar-refractivity contribution < 1.29 is 13.2 Å². The van der Waals surface area contributed by atoms with Crippen LogP contribution in [0.5, 0.6) is 0 Å². The van der Waals surface area contributed by atoms with Gasteiger partial charge < -0.3 is 0 Å². The molecule has 0 amide bonds. The van der Waals surface area contributed by atoms with Crippen LogP contribution < -0.4 is 0 Å². The lowest BCUT2D eigenvalue weighted by molar-refractivity contribution is 0.116. The fourth-order valence-corrected chi connectivity index (χ4v) is 5.38. The first-order chi connectivity index (χ1) is 13.0. The number of benzene rings is 2. The minimum Gasteiger partial charge on any atom is -0.207 e. The highest BCUT2D eigenvalue weighted by Gasteiger charge is 2.35. The van der Waals surface area contributed by atoms with Crippen LogP contribution in [-0.2, 0) is 0 Å². The second kappa shape index (κ2) is 7.69. The first-order valence-corrected chi connectivity index (χ1v) is 10.3. The van der Waals surface area contributed by atoms with E-state index in [1.54, 1.807) is 0 Å². The Hall–Kier alpha value is -1.77. The van der Waals surface area contributed by atoms with Crippen molar-refractivity contribution >= 4 is 0 Å². The van der Waals surface area contributed by atoms with E-state index in [1.165, 1.54) is 68.5 Å². The molecule has 2 saturated carbocycles. The Morgan fingerprint density at radius 1 is 0.815 bits per heavy atom. The largest absolute Gasteiger partial charge is 0.207 e. The SMILES string of the molecule is CCC1CCC2CC(c3cc(F)c(-c4ccc(F)cc4)c(F)c3)CCC2C1. The summed E-state index contributed by atoms with van der Waals surface area (Å²) in [7, 11) is 0. The third kappa shape index (κ3) is 3.79. The highest BCUT2D eigenvalue weighted by Crippen LogP contribution is 2.48. The topological polar surface area (TPSA) is 0 Å². The lowest BCUT2D eigenvalue weighted by atomic mass is 9.63. The van der Waals surface area contributed by atoms with Crippen molar-refractivity contribution in [3.63, 3.8) is 0 Å². The van der Waals surface area contributed by atoms with Gasteiger partial charge in [0, 0.05) is 0 Å². The van der Waals surface area contributed by atoms with Crippen molar-refractivity contribution in [2.75, 3.05) is 0 Å². The molecule has 2 aromatic rings. The molecule has 0 nitrogen and oxygen atoms in total. The van der Waals surface area contributed by atoms with E-state index in [4.69, 9.17) is 0 Å². The lowest BCUT2D eigenvalue weighted by Gasteiger charge is -2.42. The maximum atomic E-state index is 14.7. The fourth-order valence-electron chi connectivity index (χ4n) is 5.38. The zero-order chi connectivity index (χ0) is 19.0. The maximum absolute atomic E-state index is 14.7. The molecule has 0 N–H and O–H groups in total. The summed E-state index contributed by atoms with van der Waals surface area (Å²) in [5.41, 5.74) is 1.10. The molecule has 0 aromatic heterocycles. The fraction of sp³-hybridized carbons (Fsp3) is 0.500. The van der Waals surface area contributed by atoms with Crippen LogP contribution in [0.15, 0.2) is 36.4 Å². The summed E-state index contributed by atoms with van der Waals surface area (Å²) in [6.07, 6.45) is 8.42. The van der Waals surface area contributed by atoms with Crippen molar-refractivity contribution in [2.45, 2.75) is 57.8 Å². The molecule has 0 heterocycles. The monoisotopic (exact) mass is 372 g/mol. The van der Waals surface area contributed by atoms with E-state index in [1.807, 2.05) is 0 Å². The van der Waals surface area contributed by atoms with Crippen LogP contribution in [0.1, 0.15) is 63.4 Å². The summed E-state index contributed by atoms with van der Waals surface area (Å²) in [6.45, 7) is 2.28. The average Bonchev–Trinajstić information content (AvgIpc) is 2.68. The van der Waals surface area contributed by atoms with Gasteiger partial charge in [-0.3, -0.25) is 0 Å². The summed E-state index contributed by atoms with van der Waals surface area (Å²) in [4.78, 5) is 0. The van der Waals surface area contributed by atoms with Crippen LogP contribution >= 0.6 is 0 Å². The van der Waals surface area contributed by atoms with Crippen LogP contribution in [0.2, 0.25) is 0 Å². The standard InChI is InChI=1S/C24H27F3/c1-2-15-3-4-18-12-19(6-5-17(18)11-15)20-13-22(26)24(23(27)14-20)16-7-9-21(25)10-8-16/h7-10,13-15,17-19H,2-6,11-12H2,1H3. The third-order valence-electron chi connectivity index (χ3n) is 6.97. The maximum Gasteiger partial charge on any atom is 0.134 e. The Bertz CT molecular complexity index is 773. The van der Waals surface area contributed by atoms with E-state index < -0.39 is 17.5 Å². The van der Waals surface area contributed by atoms with Gasteiger partial charge in [0.25, 0.3) is 0 Å². The first kappa shape index (κ1) is 18.6. The molecule has 0 radical (unpaired) electrons. The number of halogens is 3. The molecule has 27 heavy (non-hydrogen) atoms. The van der Waals surface area contributed by atoms with Crippen molar-refractivity contribution in [1.82, 2.24) is 0 Å². The van der Waals surface area contributed by atoms with Crippen LogP contribution in [0.4, 0.5) is 13.2 Å². The predicted molar refractivity (Wildman–Crippen MR) is 103 cm³/mol. The predicted octanol–water partition coefficient (Wildman–Crippen LogP) is 7.48. The van der Waals surface area contributed by atoms with Gasteiger partial charge in [-0.05, 0) is 91.2 Å². The molecule has 0 saturated heterocycles. The van der Waals surface area contributed by atoms with Crippen LogP contribution in [-0.4, -0.2) is 0 Å². The number of fused-ring (bicyclic) bond motifs is 1. The van der Waals surface area contributed by atoms with Gasteiger partial charge in [-0.2, -0.15) is 0 Å². The molecule has 0 bridgehead atoms. The lowest BCUT2D eigenvalue weighted by Crippen LogP contribution is -2.30. The molecule has 4 atom stereocenters. The van der Waals surface area contributed by atoms with Crippen molar-refractivity contribution in [2.24, 2.45) is 17.8 Å². The van der Waals surface area contributed by atoms with Crippen LogP contribution in [0.3, 0.4) is 0 Å². The summed E-state index contributed by atoms with van der Waals surface area (Å²) in [5.74, 6) is 1.11. The van der Waals surface area contributed by atoms with Gasteiger partial charge in [0.05, 0.1) is 5.56 Å². The third-order valence-corrected chi connectivity index (χ3v) is 6.97. The molecule has 0 aliphatic heterocycles. The summed E-state index contributed by atoms with van der Waals surface area (Å²) >= 11 is 0. The normalized spacial score (nSPS) is 28.0. The smallest absolute Gasteiger partial charge is 0.134 e. The zero-order valence-electron chi connectivity index (χ0n) is 15.9. The van der Waals surface area contributed by atoms with E-state index in [0.717, 1.165) is 30.2 Å². The first-order valence-electron chi connectivity index (χ1n) is 10.3. The van der Waals surface area contributed by atoms with Crippen LogP contribution in [0, 0.1) is 35.2 Å². The van der Waals surface area contributed by atoms with Crippen molar-refractivity contribution in [3.05, 3.63) is 59.4 Å². The molecule has 144 valence electrons. The van der Waals surface area contributed by atoms with Gasteiger partial charge in [-0.25, -0.2) is 13.2 Å². The van der Waals surface area contributed by atoms with Gasteiger partial charge in [0.2, 0.25) is 0 Å². The summed E-state index contributed by atoms with van der Waals surface area (Å²) in [6, 6.07) is 8.32. The molecule has 2 aromatic carbocycles. The van der Waals surface area contributed by atoms with E-state index in [2.05, 4.69) is 6.92 Å². The van der Waals surface area contributed by atoms with E-state index in [9.17, 15) is 13.2 Å². The Balaban J connectivity index is 1.54. The molecule has 2 aliphatic rings. The van der Waals surface area contributed by atoms with Crippen molar-refractivity contribution in [1.29, 1.82) is 0 Å². The molecule has 0 spiro atoms. The quantitative estimate of drug-likeness (QED) is 0.524. The number of hydrogen-bond donors (Lipinski definition) is 0. The van der Waals surface area contributed by atoms with E-state index >= 15 is 0 Å². The second-order valence-electron chi connectivity index (χ2n) is 8.48. The molecule has 3 heteroatoms. The minimum absolute atomic E-state index is 0.0594. The summed E-state index contributed by atoms with van der Waals surface area (Å²) < 4.78 is 42.6. The van der Waals surface area contributed by atoms with E-state index in [-0.39, 0.29) is 11.5 Å². The highest BCUT2D eigenvalue weighted by atomic mass is 19.1. The van der Waals surface area contributed by atoms with Gasteiger partial charge in [0.1, 0.15) is 17.5 Å². The Morgan fingerprint density at radius 3 is 2.11 bits per heavy atom. The highest BCUT2D eigenvalue weighted by molar-refractivity contribution is 5.65. The molecular weight excluding hydrogens is 345 g/mol. The molecule has 4 unspecified atom stereocenters. The number of rotatable bonds is 3. The minimum atomic E-state index is -0.548. The van der Waals surface area contributed by atoms with Gasteiger partial charge in [-0.15, -0.1) is 0 Å². The Kier molecular flexibility index (Phi) is 5.29. The van der Waals surface area contributed by atoms with Crippen molar-refractivity contribution in [3.8, 4) is 11.1 Å². The Morgan fingerprint density at radius 2 is 1.44 bits per heavy atom. The molecular formula is C24H27F3. The average molecular weight is 372 g/mol. The zero-order valence-corrected chi connectivity index (χ0v) is 15.9. The molecule has 4 rings (SSSR count). The van der Waals surface area contributed by atoms with Crippen LogP contribution in [0.25, 0.3) is 11.1 Å². The molecule has 2 aliphatic carbocycles. The van der Waals surface area contributed by atoms with Gasteiger partial charge in [0.15, 0.2) is 0 Å². The van der Waals surface area contributed by atoms with Gasteiger partial charge in [-0.1, -0.05) is 31.9 Å². The number of hydrogen-bond acceptors (Lipinski definition) is 0. The summed E-state index contributed by atoms with van der Waals surface area (Å²) in [5, 5.41) is 0. The Labute approximate surface area is 159 Å². The van der Waals surface area contributed by atoms with E-state index in [0.29, 0.717) is 11.5 Å².